The molecule has 25 heavy (non-hydrogen) atoms. The third-order valence-corrected chi connectivity index (χ3v) is 3.75. The van der Waals surface area contributed by atoms with Gasteiger partial charge >= 0.3 is 0 Å². The summed E-state index contributed by atoms with van der Waals surface area (Å²) in [5.74, 6) is -0.427. The Balaban J connectivity index is 1.65. The maximum Gasteiger partial charge on any atom is 0.203 e. The largest absolute Gasteiger partial charge is 0.485 e. The van der Waals surface area contributed by atoms with Gasteiger partial charge in [0.2, 0.25) is 5.78 Å². The number of halogens is 1. The molecule has 3 nitrogen and oxygen atoms in total. The zero-order valence-electron chi connectivity index (χ0n) is 13.3. The Kier molecular flexibility index (Phi) is 4.87. The number of carbonyl (C=O) groups excluding carboxylic acids is 1. The van der Waals surface area contributed by atoms with Crippen LogP contribution in [0.2, 0.25) is 0 Å². The molecule has 0 unspecified atom stereocenters. The van der Waals surface area contributed by atoms with Crippen molar-refractivity contribution in [1.29, 1.82) is 5.26 Å². The zero-order valence-corrected chi connectivity index (χ0v) is 13.3. The molecule has 3 rings (SSSR count). The van der Waals surface area contributed by atoms with Crippen molar-refractivity contribution in [2.45, 2.75) is 0 Å². The molecule has 3 aromatic carbocycles. The molecule has 0 N–H and O–H groups in total. The Labute approximate surface area is 144 Å². The first-order valence-corrected chi connectivity index (χ1v) is 7.68. The monoisotopic (exact) mass is 331 g/mol. The van der Waals surface area contributed by atoms with Gasteiger partial charge in [-0.1, -0.05) is 36.4 Å². The number of hydrogen-bond donors (Lipinski definition) is 0. The van der Waals surface area contributed by atoms with E-state index in [9.17, 15) is 9.18 Å². The highest BCUT2D eigenvalue weighted by molar-refractivity contribution is 5.97. The van der Waals surface area contributed by atoms with E-state index >= 15 is 0 Å². The maximum absolute atomic E-state index is 13.6. The molecule has 0 bridgehead atoms. The van der Waals surface area contributed by atoms with Gasteiger partial charge in [-0.05, 0) is 47.5 Å². The summed E-state index contributed by atoms with van der Waals surface area (Å²) < 4.78 is 19.0. The first-order valence-electron chi connectivity index (χ1n) is 7.68. The van der Waals surface area contributed by atoms with Crippen LogP contribution in [0.1, 0.15) is 15.9 Å². The lowest BCUT2D eigenvalue weighted by atomic mass is 10.0. The smallest absolute Gasteiger partial charge is 0.203 e. The molecule has 3 aromatic rings. The van der Waals surface area contributed by atoms with Crippen LogP contribution in [0.3, 0.4) is 0 Å². The predicted octanol–water partition coefficient (Wildman–Crippen LogP) is 4.63. The van der Waals surface area contributed by atoms with Crippen molar-refractivity contribution in [3.8, 4) is 22.9 Å². The fraction of sp³-hybridized carbons (Fsp3) is 0.0476. The lowest BCUT2D eigenvalue weighted by Crippen LogP contribution is -2.13. The van der Waals surface area contributed by atoms with Crippen LogP contribution in [-0.2, 0) is 0 Å². The van der Waals surface area contributed by atoms with Crippen molar-refractivity contribution in [1.82, 2.24) is 0 Å². The Hall–Kier alpha value is -3.45. The minimum absolute atomic E-state index is 0.0247. The normalized spacial score (nSPS) is 10.1. The van der Waals surface area contributed by atoms with Gasteiger partial charge in [-0.3, -0.25) is 4.79 Å². The van der Waals surface area contributed by atoms with Gasteiger partial charge in [-0.2, -0.15) is 5.26 Å². The number of benzene rings is 3. The van der Waals surface area contributed by atoms with Crippen LogP contribution in [0, 0.1) is 17.1 Å². The molecule has 0 amide bonds. The van der Waals surface area contributed by atoms with Crippen LogP contribution in [0.25, 0.3) is 11.1 Å². The third kappa shape index (κ3) is 3.91. The summed E-state index contributed by atoms with van der Waals surface area (Å²) in [5, 5.41) is 8.82. The number of ketones is 1. The Morgan fingerprint density at radius 2 is 1.52 bits per heavy atom. The first-order chi connectivity index (χ1) is 12.2. The van der Waals surface area contributed by atoms with Gasteiger partial charge in [0.15, 0.2) is 6.61 Å². The van der Waals surface area contributed by atoms with E-state index in [0.29, 0.717) is 11.3 Å². The van der Waals surface area contributed by atoms with E-state index in [1.807, 2.05) is 24.3 Å². The zero-order chi connectivity index (χ0) is 17.6. The molecule has 4 heteroatoms. The number of Topliss-reactive ketones (excluding diaryl/α,β-unsaturated/α-hetero) is 1. The highest BCUT2D eigenvalue weighted by atomic mass is 19.1. The van der Waals surface area contributed by atoms with Crippen molar-refractivity contribution in [2.75, 3.05) is 6.61 Å². The van der Waals surface area contributed by atoms with Gasteiger partial charge < -0.3 is 4.74 Å². The van der Waals surface area contributed by atoms with Gasteiger partial charge in [-0.25, -0.2) is 4.39 Å². The van der Waals surface area contributed by atoms with E-state index in [1.54, 1.807) is 30.3 Å². The van der Waals surface area contributed by atoms with E-state index in [0.717, 1.165) is 11.1 Å². The molecule has 0 atom stereocenters. The fourth-order valence-electron chi connectivity index (χ4n) is 2.39. The van der Waals surface area contributed by atoms with E-state index in [1.165, 1.54) is 18.2 Å². The summed E-state index contributed by atoms with van der Waals surface area (Å²) in [5.41, 5.74) is 2.58. The molecule has 0 aliphatic rings. The molecular weight excluding hydrogens is 317 g/mol. The second-order valence-electron chi connectivity index (χ2n) is 5.41. The van der Waals surface area contributed by atoms with E-state index in [4.69, 9.17) is 10.00 Å². The second kappa shape index (κ2) is 7.41. The first kappa shape index (κ1) is 16.4. The van der Waals surface area contributed by atoms with E-state index in [2.05, 4.69) is 6.07 Å². The molecular formula is C21H14FNO2. The molecule has 0 radical (unpaired) electrons. The van der Waals surface area contributed by atoms with E-state index in [-0.39, 0.29) is 12.2 Å². The van der Waals surface area contributed by atoms with Gasteiger partial charge in [0.05, 0.1) is 17.2 Å². The lowest BCUT2D eigenvalue weighted by molar-refractivity contribution is 0.0917. The maximum atomic E-state index is 13.6. The van der Waals surface area contributed by atoms with Gasteiger partial charge in [0, 0.05) is 0 Å². The molecule has 0 saturated carbocycles. The Bertz CT molecular complexity index is 925. The topological polar surface area (TPSA) is 50.1 Å². The number of hydrogen-bond acceptors (Lipinski definition) is 3. The van der Waals surface area contributed by atoms with Crippen molar-refractivity contribution in [3.05, 3.63) is 89.7 Å². The molecule has 0 aliphatic carbocycles. The molecule has 0 aromatic heterocycles. The Morgan fingerprint density at radius 3 is 2.12 bits per heavy atom. The summed E-state index contributed by atoms with van der Waals surface area (Å²) in [6.45, 7) is -0.225. The van der Waals surface area contributed by atoms with Crippen LogP contribution in [-0.4, -0.2) is 12.4 Å². The van der Waals surface area contributed by atoms with Crippen molar-refractivity contribution in [3.63, 3.8) is 0 Å². The van der Waals surface area contributed by atoms with Gasteiger partial charge in [0.1, 0.15) is 11.6 Å². The van der Waals surface area contributed by atoms with Crippen LogP contribution in [0.15, 0.2) is 72.8 Å². The van der Waals surface area contributed by atoms with Crippen LogP contribution < -0.4 is 4.74 Å². The molecule has 0 spiro atoms. The standard InChI is InChI=1S/C21H14FNO2/c22-20-4-2-1-3-19(20)21(24)14-25-18-11-9-17(10-12-18)16-7-5-15(13-23)6-8-16/h1-12H,14H2. The third-order valence-electron chi connectivity index (χ3n) is 3.75. The second-order valence-corrected chi connectivity index (χ2v) is 5.41. The summed E-state index contributed by atoms with van der Waals surface area (Å²) in [6.07, 6.45) is 0. The highest BCUT2D eigenvalue weighted by Gasteiger charge is 2.11. The minimum Gasteiger partial charge on any atom is -0.485 e. The Morgan fingerprint density at radius 1 is 0.920 bits per heavy atom. The SMILES string of the molecule is N#Cc1ccc(-c2ccc(OCC(=O)c3ccccc3F)cc2)cc1. The van der Waals surface area contributed by atoms with Crippen LogP contribution in [0.5, 0.6) is 5.75 Å². The van der Waals surface area contributed by atoms with Gasteiger partial charge in [-0.15, -0.1) is 0 Å². The molecule has 0 saturated heterocycles. The van der Waals surface area contributed by atoms with Crippen molar-refractivity contribution in [2.24, 2.45) is 0 Å². The highest BCUT2D eigenvalue weighted by Crippen LogP contribution is 2.23. The molecule has 122 valence electrons. The molecule has 0 fully saturated rings. The van der Waals surface area contributed by atoms with E-state index < -0.39 is 11.6 Å². The number of ether oxygens (including phenoxy) is 1. The average Bonchev–Trinajstić information content (AvgIpc) is 2.67. The minimum atomic E-state index is -0.549. The summed E-state index contributed by atoms with van der Waals surface area (Å²) in [4.78, 5) is 12.0. The fourth-order valence-corrected chi connectivity index (χ4v) is 2.39. The number of nitriles is 1. The number of rotatable bonds is 5. The van der Waals surface area contributed by atoms with Crippen LogP contribution in [0.4, 0.5) is 4.39 Å². The van der Waals surface area contributed by atoms with Crippen LogP contribution >= 0.6 is 0 Å². The number of nitrogens with zero attached hydrogens (tertiary/aromatic N) is 1. The number of carbonyl (C=O) groups is 1. The average molecular weight is 331 g/mol. The summed E-state index contributed by atoms with van der Waals surface area (Å²) in [7, 11) is 0. The quantitative estimate of drug-likeness (QED) is 0.641. The van der Waals surface area contributed by atoms with Crippen molar-refractivity contribution < 1.29 is 13.9 Å². The molecule has 0 heterocycles. The van der Waals surface area contributed by atoms with Gasteiger partial charge in [0.25, 0.3) is 0 Å². The summed E-state index contributed by atoms with van der Waals surface area (Å²) in [6, 6.07) is 22.4. The summed E-state index contributed by atoms with van der Waals surface area (Å²) >= 11 is 0. The lowest BCUT2D eigenvalue weighted by Gasteiger charge is -2.07. The predicted molar refractivity (Wildman–Crippen MR) is 92.8 cm³/mol. The van der Waals surface area contributed by atoms with Crippen molar-refractivity contribution >= 4 is 5.78 Å². The molecule has 0 aliphatic heterocycles.